The van der Waals surface area contributed by atoms with Crippen LogP contribution in [0.2, 0.25) is 0 Å². The van der Waals surface area contributed by atoms with Crippen LogP contribution in [0.3, 0.4) is 0 Å². The van der Waals surface area contributed by atoms with Gasteiger partial charge in [-0.1, -0.05) is 97.1 Å². The summed E-state index contributed by atoms with van der Waals surface area (Å²) in [6.07, 6.45) is 0. The summed E-state index contributed by atoms with van der Waals surface area (Å²) >= 11 is 3.76. The fourth-order valence-corrected chi connectivity index (χ4v) is 7.97. The molecule has 0 saturated heterocycles. The molecule has 0 amide bonds. The highest BCUT2D eigenvalue weighted by molar-refractivity contribution is 7.26. The molecular weight excluding hydrogens is 473 g/mol. The van der Waals surface area contributed by atoms with Crippen molar-refractivity contribution in [2.75, 3.05) is 0 Å². The molecule has 0 atom stereocenters. The number of hydrogen-bond donors (Lipinski definition) is 0. The van der Waals surface area contributed by atoms with Gasteiger partial charge in [-0.05, 0) is 67.2 Å². The van der Waals surface area contributed by atoms with E-state index in [2.05, 4.69) is 121 Å². The fourth-order valence-electron chi connectivity index (χ4n) is 5.87. The lowest BCUT2D eigenvalue weighted by Crippen LogP contribution is -1.91. The summed E-state index contributed by atoms with van der Waals surface area (Å²) in [6.45, 7) is 0. The van der Waals surface area contributed by atoms with Crippen molar-refractivity contribution in [2.24, 2.45) is 0 Å². The smallest absolute Gasteiger partial charge is 0.0428 e. The minimum Gasteiger partial charge on any atom is -0.143 e. The van der Waals surface area contributed by atoms with Gasteiger partial charge in [-0.3, -0.25) is 0 Å². The third-order valence-electron chi connectivity index (χ3n) is 7.33. The monoisotopic (exact) mass is 492 g/mol. The Morgan fingerprint density at radius 2 is 1.03 bits per heavy atom. The molecule has 0 fully saturated rings. The first-order valence-corrected chi connectivity index (χ1v) is 13.9. The predicted molar refractivity (Wildman–Crippen MR) is 161 cm³/mol. The minimum absolute atomic E-state index is 1.26. The van der Waals surface area contributed by atoms with E-state index in [0.29, 0.717) is 0 Å². The second-order valence-corrected chi connectivity index (χ2v) is 11.3. The molecule has 0 aliphatic rings. The molecule has 0 nitrogen and oxygen atoms in total. The van der Waals surface area contributed by atoms with Gasteiger partial charge in [-0.15, -0.1) is 22.7 Å². The molecule has 0 bridgehead atoms. The Balaban J connectivity index is 1.66. The summed E-state index contributed by atoms with van der Waals surface area (Å²) < 4.78 is 4.08. The maximum Gasteiger partial charge on any atom is 0.0428 e. The van der Waals surface area contributed by atoms with Crippen LogP contribution in [0.25, 0.3) is 74.1 Å². The van der Waals surface area contributed by atoms with Gasteiger partial charge in [0, 0.05) is 30.4 Å². The van der Waals surface area contributed by atoms with Crippen LogP contribution in [0.4, 0.5) is 0 Å². The first-order chi connectivity index (χ1) is 17.9. The van der Waals surface area contributed by atoms with Crippen LogP contribution < -0.4 is 0 Å². The summed E-state index contributed by atoms with van der Waals surface area (Å²) in [5.41, 5.74) is 5.30. The molecular formula is C34H20S2. The highest BCUT2D eigenvalue weighted by Crippen LogP contribution is 2.51. The Morgan fingerprint density at radius 3 is 1.72 bits per heavy atom. The summed E-state index contributed by atoms with van der Waals surface area (Å²) in [5.74, 6) is 0. The molecule has 8 aromatic rings. The van der Waals surface area contributed by atoms with Crippen molar-refractivity contribution in [1.29, 1.82) is 0 Å². The van der Waals surface area contributed by atoms with Crippen molar-refractivity contribution in [1.82, 2.24) is 0 Å². The van der Waals surface area contributed by atoms with Crippen molar-refractivity contribution in [3.05, 3.63) is 121 Å². The topological polar surface area (TPSA) is 0 Å². The van der Waals surface area contributed by atoms with Crippen LogP contribution in [0, 0.1) is 0 Å². The third-order valence-corrected chi connectivity index (χ3v) is 9.39. The lowest BCUT2D eigenvalue weighted by molar-refractivity contribution is 1.67. The van der Waals surface area contributed by atoms with Crippen LogP contribution >= 0.6 is 22.7 Å². The minimum atomic E-state index is 1.26. The van der Waals surface area contributed by atoms with Crippen molar-refractivity contribution in [3.8, 4) is 22.3 Å². The van der Waals surface area contributed by atoms with Crippen molar-refractivity contribution >= 4 is 74.5 Å². The molecule has 0 spiro atoms. The van der Waals surface area contributed by atoms with E-state index in [1.165, 1.54) is 74.1 Å². The SMILES string of the molecule is c1ccc(-c2c3ccccc3c(-c3c4sccc4cc4sc5ccccc5c34)c3ccccc23)cc1. The highest BCUT2D eigenvalue weighted by Gasteiger charge is 2.22. The van der Waals surface area contributed by atoms with Crippen molar-refractivity contribution in [2.45, 2.75) is 0 Å². The molecule has 2 heteroatoms. The molecule has 0 unspecified atom stereocenters. The number of fused-ring (bicyclic) bond motifs is 6. The van der Waals surface area contributed by atoms with E-state index >= 15 is 0 Å². The zero-order chi connectivity index (χ0) is 23.6. The zero-order valence-electron chi connectivity index (χ0n) is 19.4. The van der Waals surface area contributed by atoms with Gasteiger partial charge in [0.2, 0.25) is 0 Å². The maximum atomic E-state index is 2.39. The van der Waals surface area contributed by atoms with Gasteiger partial charge in [0.1, 0.15) is 0 Å². The molecule has 36 heavy (non-hydrogen) atoms. The largest absolute Gasteiger partial charge is 0.143 e. The summed E-state index contributed by atoms with van der Waals surface area (Å²) in [6, 6.07) is 42.3. The van der Waals surface area contributed by atoms with Crippen LogP contribution in [0.5, 0.6) is 0 Å². The standard InChI is InChI=1S/C34H20S2/c1-2-10-21(11-3-1)30-23-12-4-6-14-25(23)31(26-15-7-5-13-24(26)30)33-32-27-16-8-9-17-28(27)36-29(32)20-22-18-19-35-34(22)33/h1-20H. The molecule has 0 saturated carbocycles. The van der Waals surface area contributed by atoms with E-state index in [1.54, 1.807) is 0 Å². The number of hydrogen-bond acceptors (Lipinski definition) is 2. The first-order valence-electron chi connectivity index (χ1n) is 12.2. The number of thiophene rings is 2. The van der Waals surface area contributed by atoms with E-state index in [1.807, 2.05) is 22.7 Å². The fraction of sp³-hybridized carbons (Fsp3) is 0. The lowest BCUT2D eigenvalue weighted by Gasteiger charge is -2.19. The molecule has 2 aromatic heterocycles. The van der Waals surface area contributed by atoms with Gasteiger partial charge < -0.3 is 0 Å². The Morgan fingerprint density at radius 1 is 0.444 bits per heavy atom. The van der Waals surface area contributed by atoms with Gasteiger partial charge in [-0.2, -0.15) is 0 Å². The van der Waals surface area contributed by atoms with Crippen LogP contribution in [0.1, 0.15) is 0 Å². The molecule has 0 N–H and O–H groups in total. The third kappa shape index (κ3) is 2.80. The van der Waals surface area contributed by atoms with Gasteiger partial charge in [0.25, 0.3) is 0 Å². The molecule has 2 heterocycles. The van der Waals surface area contributed by atoms with Crippen molar-refractivity contribution < 1.29 is 0 Å². The van der Waals surface area contributed by atoms with E-state index in [9.17, 15) is 0 Å². The number of rotatable bonds is 2. The Bertz CT molecular complexity index is 2030. The molecule has 0 aliphatic heterocycles. The number of benzene rings is 6. The zero-order valence-corrected chi connectivity index (χ0v) is 21.0. The highest BCUT2D eigenvalue weighted by atomic mass is 32.1. The molecule has 0 aliphatic carbocycles. The summed E-state index contributed by atoms with van der Waals surface area (Å²) in [5, 5.41) is 11.5. The van der Waals surface area contributed by atoms with Crippen LogP contribution in [-0.4, -0.2) is 0 Å². The maximum absolute atomic E-state index is 2.39. The molecule has 168 valence electrons. The van der Waals surface area contributed by atoms with Gasteiger partial charge in [-0.25, -0.2) is 0 Å². The van der Waals surface area contributed by atoms with Crippen molar-refractivity contribution in [3.63, 3.8) is 0 Å². The van der Waals surface area contributed by atoms with E-state index in [0.717, 1.165) is 0 Å². The molecule has 8 rings (SSSR count). The quantitative estimate of drug-likeness (QED) is 0.211. The summed E-state index contributed by atoms with van der Waals surface area (Å²) in [7, 11) is 0. The normalized spacial score (nSPS) is 11.9. The second-order valence-electron chi connectivity index (χ2n) is 9.27. The Labute approximate surface area is 216 Å². The Kier molecular flexibility index (Phi) is 4.36. The van der Waals surface area contributed by atoms with Gasteiger partial charge >= 0.3 is 0 Å². The van der Waals surface area contributed by atoms with E-state index in [-0.39, 0.29) is 0 Å². The van der Waals surface area contributed by atoms with Gasteiger partial charge in [0.05, 0.1) is 0 Å². The predicted octanol–water partition coefficient (Wildman–Crippen LogP) is 10.9. The van der Waals surface area contributed by atoms with E-state index in [4.69, 9.17) is 0 Å². The molecule has 0 radical (unpaired) electrons. The molecule has 6 aromatic carbocycles. The average Bonchev–Trinajstić information content (AvgIpc) is 3.55. The van der Waals surface area contributed by atoms with Crippen LogP contribution in [0.15, 0.2) is 121 Å². The van der Waals surface area contributed by atoms with E-state index < -0.39 is 0 Å². The van der Waals surface area contributed by atoms with Gasteiger partial charge in [0.15, 0.2) is 0 Å². The lowest BCUT2D eigenvalue weighted by atomic mass is 9.84. The Hall–Kier alpha value is -3.98. The van der Waals surface area contributed by atoms with Crippen LogP contribution in [-0.2, 0) is 0 Å². The average molecular weight is 493 g/mol. The summed E-state index contributed by atoms with van der Waals surface area (Å²) in [4.78, 5) is 0. The first kappa shape index (κ1) is 20.2. The second kappa shape index (κ2) is 7.76.